The number of para-hydroxylation sites is 2. The van der Waals surface area contributed by atoms with Gasteiger partial charge in [0.15, 0.2) is 0 Å². The molecule has 0 fully saturated rings. The van der Waals surface area contributed by atoms with E-state index in [1.807, 2.05) is 0 Å². The minimum absolute atomic E-state index is 0.0290. The summed E-state index contributed by atoms with van der Waals surface area (Å²) in [5, 5.41) is 2.63. The molecule has 2 aliphatic carbocycles. The van der Waals surface area contributed by atoms with E-state index < -0.39 is 0 Å². The van der Waals surface area contributed by atoms with Crippen molar-refractivity contribution in [1.29, 1.82) is 0 Å². The normalized spacial score (nSPS) is 14.7. The lowest BCUT2D eigenvalue weighted by Gasteiger charge is -2.26. The van der Waals surface area contributed by atoms with Crippen LogP contribution in [0.25, 0.3) is 44.2 Å². The van der Waals surface area contributed by atoms with E-state index in [2.05, 4.69) is 184 Å². The van der Waals surface area contributed by atoms with Gasteiger partial charge in [-0.2, -0.15) is 0 Å². The van der Waals surface area contributed by atoms with Crippen molar-refractivity contribution in [3.63, 3.8) is 0 Å². The highest BCUT2D eigenvalue weighted by Gasteiger charge is 2.42. The summed E-state index contributed by atoms with van der Waals surface area (Å²) in [6.45, 7) is 9.59. The zero-order valence-corrected chi connectivity index (χ0v) is 27.4. The highest BCUT2D eigenvalue weighted by Crippen LogP contribution is 2.58. The summed E-state index contributed by atoms with van der Waals surface area (Å²) in [5.41, 5.74) is 17.1. The summed E-state index contributed by atoms with van der Waals surface area (Å²) in [5.74, 6) is 0. The van der Waals surface area contributed by atoms with Crippen molar-refractivity contribution in [3.05, 3.63) is 174 Å². The standard InChI is InChI=1S/C46H37N/c1-45(2)40-22-14-13-20-35(40)38-28-42-39(29-41(38)45)44-36-21-12-11-19-34(36)37(27-43(44)46(42,3)4)30-23-25-33(26-24-30)47(31-15-7-5-8-16-31)32-17-9-6-10-18-32/h5-29H,1-4H3. The molecule has 0 aromatic heterocycles. The Morgan fingerprint density at radius 2 is 0.851 bits per heavy atom. The molecule has 0 spiro atoms. The molecular weight excluding hydrogens is 567 g/mol. The fourth-order valence-corrected chi connectivity index (χ4v) is 8.41. The predicted molar refractivity (Wildman–Crippen MR) is 199 cm³/mol. The molecule has 1 heteroatoms. The van der Waals surface area contributed by atoms with Gasteiger partial charge in [-0.15, -0.1) is 0 Å². The smallest absolute Gasteiger partial charge is 0.0462 e. The first kappa shape index (κ1) is 27.9. The first-order chi connectivity index (χ1) is 22.8. The zero-order chi connectivity index (χ0) is 31.9. The highest BCUT2D eigenvalue weighted by molar-refractivity contribution is 6.09. The molecule has 0 unspecified atom stereocenters. The Kier molecular flexibility index (Phi) is 5.96. The SMILES string of the molecule is CC1(C)c2ccccc2-c2cc3c(cc21)-c1c(cc(-c2ccc(N(c4ccccc4)c4ccccc4)cc2)c2ccccc12)C3(C)C. The molecule has 2 aliphatic rings. The van der Waals surface area contributed by atoms with Gasteiger partial charge in [-0.05, 0) is 121 Å². The molecule has 7 aromatic rings. The predicted octanol–water partition coefficient (Wildman–Crippen LogP) is 12.6. The van der Waals surface area contributed by atoms with E-state index in [0.717, 1.165) is 17.1 Å². The van der Waals surface area contributed by atoms with E-state index in [9.17, 15) is 0 Å². The summed E-state index contributed by atoms with van der Waals surface area (Å²) < 4.78 is 0. The van der Waals surface area contributed by atoms with E-state index in [1.165, 1.54) is 66.4 Å². The van der Waals surface area contributed by atoms with E-state index in [1.54, 1.807) is 0 Å². The Morgan fingerprint density at radius 3 is 1.53 bits per heavy atom. The molecule has 0 heterocycles. The molecular formula is C46H37N. The fourth-order valence-electron chi connectivity index (χ4n) is 8.41. The molecule has 7 aromatic carbocycles. The molecule has 0 saturated carbocycles. The number of fused-ring (bicyclic) bond motifs is 8. The minimum Gasteiger partial charge on any atom is -0.311 e. The third-order valence-corrected chi connectivity index (χ3v) is 10.8. The van der Waals surface area contributed by atoms with Gasteiger partial charge in [0.1, 0.15) is 0 Å². The van der Waals surface area contributed by atoms with Crippen LogP contribution in [0.4, 0.5) is 17.1 Å². The van der Waals surface area contributed by atoms with Crippen LogP contribution in [0.2, 0.25) is 0 Å². The minimum atomic E-state index is -0.127. The number of nitrogens with zero attached hydrogens (tertiary/aromatic N) is 1. The average Bonchev–Trinajstić information content (AvgIpc) is 3.47. The third kappa shape index (κ3) is 4.02. The van der Waals surface area contributed by atoms with Gasteiger partial charge in [0.25, 0.3) is 0 Å². The summed E-state index contributed by atoms with van der Waals surface area (Å²) in [6.07, 6.45) is 0. The van der Waals surface area contributed by atoms with Crippen LogP contribution in [0.1, 0.15) is 49.9 Å². The Hall–Kier alpha value is -5.40. The summed E-state index contributed by atoms with van der Waals surface area (Å²) in [6, 6.07) is 55.9. The van der Waals surface area contributed by atoms with Crippen LogP contribution in [0.3, 0.4) is 0 Å². The van der Waals surface area contributed by atoms with E-state index in [0.29, 0.717) is 0 Å². The summed E-state index contributed by atoms with van der Waals surface area (Å²) >= 11 is 0. The molecule has 226 valence electrons. The maximum atomic E-state index is 2.53. The van der Waals surface area contributed by atoms with Gasteiger partial charge in [0, 0.05) is 27.9 Å². The van der Waals surface area contributed by atoms with E-state index >= 15 is 0 Å². The topological polar surface area (TPSA) is 3.24 Å². The number of hydrogen-bond donors (Lipinski definition) is 0. The molecule has 0 atom stereocenters. The van der Waals surface area contributed by atoms with Crippen molar-refractivity contribution in [2.75, 3.05) is 4.90 Å². The Balaban J connectivity index is 1.20. The van der Waals surface area contributed by atoms with Crippen LogP contribution < -0.4 is 4.90 Å². The number of benzene rings is 7. The van der Waals surface area contributed by atoms with Crippen molar-refractivity contribution in [1.82, 2.24) is 0 Å². The maximum Gasteiger partial charge on any atom is 0.0462 e. The average molecular weight is 604 g/mol. The van der Waals surface area contributed by atoms with Crippen LogP contribution in [0, 0.1) is 0 Å². The maximum absolute atomic E-state index is 2.53. The van der Waals surface area contributed by atoms with Crippen LogP contribution in [-0.4, -0.2) is 0 Å². The molecule has 0 amide bonds. The van der Waals surface area contributed by atoms with Crippen LogP contribution >= 0.6 is 0 Å². The van der Waals surface area contributed by atoms with Crippen LogP contribution in [0.5, 0.6) is 0 Å². The van der Waals surface area contributed by atoms with Crippen molar-refractivity contribution in [3.8, 4) is 33.4 Å². The lowest BCUT2D eigenvalue weighted by molar-refractivity contribution is 0.652. The first-order valence-electron chi connectivity index (χ1n) is 16.7. The molecule has 0 N–H and O–H groups in total. The van der Waals surface area contributed by atoms with Gasteiger partial charge in [0.05, 0.1) is 0 Å². The molecule has 0 bridgehead atoms. The largest absolute Gasteiger partial charge is 0.311 e. The van der Waals surface area contributed by atoms with Crippen molar-refractivity contribution in [2.24, 2.45) is 0 Å². The first-order valence-corrected chi connectivity index (χ1v) is 16.7. The third-order valence-electron chi connectivity index (χ3n) is 10.8. The number of hydrogen-bond acceptors (Lipinski definition) is 1. The van der Waals surface area contributed by atoms with Gasteiger partial charge in [-0.3, -0.25) is 0 Å². The monoisotopic (exact) mass is 603 g/mol. The molecule has 9 rings (SSSR count). The second kappa shape index (κ2) is 10.0. The Bertz CT molecular complexity index is 2290. The second-order valence-corrected chi connectivity index (χ2v) is 14.2. The Labute approximate surface area is 277 Å². The van der Waals surface area contributed by atoms with Crippen molar-refractivity contribution in [2.45, 2.75) is 38.5 Å². The lowest BCUT2D eigenvalue weighted by Crippen LogP contribution is -2.17. The fraction of sp³-hybridized carbons (Fsp3) is 0.130. The van der Waals surface area contributed by atoms with Crippen molar-refractivity contribution >= 4 is 27.8 Å². The highest BCUT2D eigenvalue weighted by atomic mass is 15.1. The van der Waals surface area contributed by atoms with Gasteiger partial charge in [-0.1, -0.05) is 125 Å². The summed E-state index contributed by atoms with van der Waals surface area (Å²) in [4.78, 5) is 2.32. The quantitative estimate of drug-likeness (QED) is 0.193. The van der Waals surface area contributed by atoms with Crippen LogP contribution in [0.15, 0.2) is 152 Å². The molecule has 0 radical (unpaired) electrons. The summed E-state index contributed by atoms with van der Waals surface area (Å²) in [7, 11) is 0. The molecule has 0 aliphatic heterocycles. The number of anilines is 3. The second-order valence-electron chi connectivity index (χ2n) is 14.2. The molecule has 1 nitrogen and oxygen atoms in total. The van der Waals surface area contributed by atoms with Crippen LogP contribution in [-0.2, 0) is 10.8 Å². The van der Waals surface area contributed by atoms with Gasteiger partial charge < -0.3 is 4.90 Å². The molecule has 47 heavy (non-hydrogen) atoms. The van der Waals surface area contributed by atoms with Gasteiger partial charge >= 0.3 is 0 Å². The van der Waals surface area contributed by atoms with E-state index in [-0.39, 0.29) is 10.8 Å². The number of rotatable bonds is 4. The van der Waals surface area contributed by atoms with Crippen molar-refractivity contribution < 1.29 is 0 Å². The zero-order valence-electron chi connectivity index (χ0n) is 27.4. The van der Waals surface area contributed by atoms with Gasteiger partial charge in [-0.25, -0.2) is 0 Å². The van der Waals surface area contributed by atoms with E-state index in [4.69, 9.17) is 0 Å². The molecule has 0 saturated heterocycles. The van der Waals surface area contributed by atoms with Gasteiger partial charge in [0.2, 0.25) is 0 Å². The lowest BCUT2D eigenvalue weighted by atomic mass is 9.79. The Morgan fingerprint density at radius 1 is 0.362 bits per heavy atom.